The third kappa shape index (κ3) is 1.42. The number of carbonyl (C=O) groups is 1. The van der Waals surface area contributed by atoms with Crippen LogP contribution in [-0.4, -0.2) is 20.5 Å². The maximum absolute atomic E-state index is 11.4. The molecule has 0 saturated carbocycles. The van der Waals surface area contributed by atoms with Gasteiger partial charge in [0.2, 0.25) is 5.78 Å². The summed E-state index contributed by atoms with van der Waals surface area (Å²) in [6.07, 6.45) is 1.37. The average molecular weight is 165 g/mol. The molecule has 1 heterocycles. The zero-order valence-electron chi connectivity index (χ0n) is 7.24. The molecular formula is C8H11N3O. The molecule has 0 aromatic carbocycles. The van der Waals surface area contributed by atoms with E-state index in [0.717, 1.165) is 0 Å². The van der Waals surface area contributed by atoms with Gasteiger partial charge in [-0.05, 0) is 19.4 Å². The van der Waals surface area contributed by atoms with E-state index in [1.54, 1.807) is 11.6 Å². The Labute approximate surface area is 70.9 Å². The van der Waals surface area contributed by atoms with E-state index in [1.807, 2.05) is 6.92 Å². The standard InChI is InChI=1S/C8H11N3O/c1-4-11-8(9-5-10-11)7(12)6(2)3/h5H,2,4H2,1,3H3. The highest BCUT2D eigenvalue weighted by molar-refractivity contribution is 6.05. The Morgan fingerprint density at radius 2 is 2.42 bits per heavy atom. The van der Waals surface area contributed by atoms with Crippen LogP contribution in [0.15, 0.2) is 18.5 Å². The number of nitrogens with zero attached hydrogens (tertiary/aromatic N) is 3. The highest BCUT2D eigenvalue weighted by atomic mass is 16.1. The Morgan fingerprint density at radius 1 is 1.75 bits per heavy atom. The van der Waals surface area contributed by atoms with Crippen molar-refractivity contribution < 1.29 is 4.79 Å². The summed E-state index contributed by atoms with van der Waals surface area (Å²) in [6, 6.07) is 0. The third-order valence-corrected chi connectivity index (χ3v) is 1.51. The molecule has 1 rings (SSSR count). The topological polar surface area (TPSA) is 47.8 Å². The molecular weight excluding hydrogens is 154 g/mol. The van der Waals surface area contributed by atoms with E-state index in [0.29, 0.717) is 17.9 Å². The number of rotatable bonds is 3. The molecule has 0 spiro atoms. The van der Waals surface area contributed by atoms with Gasteiger partial charge < -0.3 is 0 Å². The van der Waals surface area contributed by atoms with Gasteiger partial charge in [-0.25, -0.2) is 9.67 Å². The van der Waals surface area contributed by atoms with Gasteiger partial charge in [0.25, 0.3) is 0 Å². The Hall–Kier alpha value is -1.45. The maximum Gasteiger partial charge on any atom is 0.225 e. The summed E-state index contributed by atoms with van der Waals surface area (Å²) in [4.78, 5) is 15.2. The number of hydrogen-bond donors (Lipinski definition) is 0. The zero-order chi connectivity index (χ0) is 9.14. The molecule has 12 heavy (non-hydrogen) atoms. The molecule has 0 aliphatic rings. The fraction of sp³-hybridized carbons (Fsp3) is 0.375. The van der Waals surface area contributed by atoms with Crippen LogP contribution in [0, 0.1) is 0 Å². The van der Waals surface area contributed by atoms with Gasteiger partial charge in [-0.2, -0.15) is 5.10 Å². The van der Waals surface area contributed by atoms with Crippen molar-refractivity contribution in [1.82, 2.24) is 14.8 Å². The Balaban J connectivity index is 3.02. The smallest absolute Gasteiger partial charge is 0.225 e. The normalized spacial score (nSPS) is 9.83. The van der Waals surface area contributed by atoms with Crippen molar-refractivity contribution in [3.05, 3.63) is 24.3 Å². The molecule has 0 N–H and O–H groups in total. The van der Waals surface area contributed by atoms with Crippen LogP contribution >= 0.6 is 0 Å². The molecule has 0 radical (unpaired) electrons. The van der Waals surface area contributed by atoms with Gasteiger partial charge in [0.05, 0.1) is 0 Å². The summed E-state index contributed by atoms with van der Waals surface area (Å²) in [5.74, 6) is 0.222. The predicted molar refractivity (Wildman–Crippen MR) is 44.8 cm³/mol. The molecule has 4 nitrogen and oxygen atoms in total. The van der Waals surface area contributed by atoms with Gasteiger partial charge in [-0.3, -0.25) is 4.79 Å². The lowest BCUT2D eigenvalue weighted by atomic mass is 10.2. The number of aromatic nitrogens is 3. The fourth-order valence-corrected chi connectivity index (χ4v) is 0.862. The van der Waals surface area contributed by atoms with E-state index in [-0.39, 0.29) is 5.78 Å². The Morgan fingerprint density at radius 3 is 2.92 bits per heavy atom. The molecule has 0 unspecified atom stereocenters. The minimum atomic E-state index is -0.144. The molecule has 0 aliphatic heterocycles. The highest BCUT2D eigenvalue weighted by Crippen LogP contribution is 2.01. The third-order valence-electron chi connectivity index (χ3n) is 1.51. The lowest BCUT2D eigenvalue weighted by molar-refractivity contribution is 0.102. The number of hydrogen-bond acceptors (Lipinski definition) is 3. The van der Waals surface area contributed by atoms with Crippen molar-refractivity contribution in [3.63, 3.8) is 0 Å². The van der Waals surface area contributed by atoms with Gasteiger partial charge >= 0.3 is 0 Å². The lowest BCUT2D eigenvalue weighted by Crippen LogP contribution is -2.11. The van der Waals surface area contributed by atoms with Crippen molar-refractivity contribution in [2.24, 2.45) is 0 Å². The molecule has 0 aliphatic carbocycles. The SMILES string of the molecule is C=C(C)C(=O)c1ncnn1CC. The summed E-state index contributed by atoms with van der Waals surface area (Å²) >= 11 is 0. The number of ketones is 1. The van der Waals surface area contributed by atoms with Crippen LogP contribution in [0.25, 0.3) is 0 Å². The van der Waals surface area contributed by atoms with E-state index < -0.39 is 0 Å². The van der Waals surface area contributed by atoms with Crippen molar-refractivity contribution in [2.75, 3.05) is 0 Å². The summed E-state index contributed by atoms with van der Waals surface area (Å²) in [6.45, 7) is 7.77. The van der Waals surface area contributed by atoms with E-state index in [1.165, 1.54) is 6.33 Å². The van der Waals surface area contributed by atoms with Crippen LogP contribution in [0.5, 0.6) is 0 Å². The molecule has 0 bridgehead atoms. The van der Waals surface area contributed by atoms with Gasteiger partial charge in [0.1, 0.15) is 6.33 Å². The van der Waals surface area contributed by atoms with Gasteiger partial charge in [-0.1, -0.05) is 6.58 Å². The second-order valence-corrected chi connectivity index (χ2v) is 2.51. The Bertz CT molecular complexity index is 314. The number of Topliss-reactive ketones (excluding diaryl/α,β-unsaturated/α-hetero) is 1. The predicted octanol–water partition coefficient (Wildman–Crippen LogP) is 1.06. The molecule has 64 valence electrons. The monoisotopic (exact) mass is 165 g/mol. The van der Waals surface area contributed by atoms with E-state index in [4.69, 9.17) is 0 Å². The van der Waals surface area contributed by atoms with Gasteiger partial charge in [-0.15, -0.1) is 0 Å². The van der Waals surface area contributed by atoms with Crippen LogP contribution in [0.1, 0.15) is 24.5 Å². The van der Waals surface area contributed by atoms with Crippen LogP contribution < -0.4 is 0 Å². The highest BCUT2D eigenvalue weighted by Gasteiger charge is 2.12. The first-order valence-electron chi connectivity index (χ1n) is 3.74. The minimum absolute atomic E-state index is 0.144. The van der Waals surface area contributed by atoms with Crippen molar-refractivity contribution >= 4 is 5.78 Å². The first-order valence-corrected chi connectivity index (χ1v) is 3.74. The van der Waals surface area contributed by atoms with Crippen molar-refractivity contribution in [1.29, 1.82) is 0 Å². The summed E-state index contributed by atoms with van der Waals surface area (Å²) in [7, 11) is 0. The lowest BCUT2D eigenvalue weighted by Gasteiger charge is -1.99. The first kappa shape index (κ1) is 8.64. The van der Waals surface area contributed by atoms with E-state index in [9.17, 15) is 4.79 Å². The second kappa shape index (κ2) is 3.30. The zero-order valence-corrected chi connectivity index (χ0v) is 7.24. The molecule has 0 atom stereocenters. The molecule has 1 aromatic rings. The number of aryl methyl sites for hydroxylation is 1. The Kier molecular flexibility index (Phi) is 2.38. The maximum atomic E-state index is 11.4. The van der Waals surface area contributed by atoms with Crippen LogP contribution in [0.4, 0.5) is 0 Å². The largest absolute Gasteiger partial charge is 0.285 e. The van der Waals surface area contributed by atoms with E-state index >= 15 is 0 Å². The molecule has 0 fully saturated rings. The average Bonchev–Trinajstić information content (AvgIpc) is 2.49. The molecule has 0 saturated heterocycles. The molecule has 1 aromatic heterocycles. The quantitative estimate of drug-likeness (QED) is 0.497. The number of carbonyl (C=O) groups excluding carboxylic acids is 1. The van der Waals surface area contributed by atoms with Gasteiger partial charge in [0, 0.05) is 6.54 Å². The minimum Gasteiger partial charge on any atom is -0.285 e. The molecule has 0 amide bonds. The van der Waals surface area contributed by atoms with Crippen LogP contribution in [-0.2, 0) is 6.54 Å². The van der Waals surface area contributed by atoms with Crippen molar-refractivity contribution in [2.45, 2.75) is 20.4 Å². The number of allylic oxidation sites excluding steroid dienone is 1. The van der Waals surface area contributed by atoms with Crippen LogP contribution in [0.2, 0.25) is 0 Å². The van der Waals surface area contributed by atoms with Crippen LogP contribution in [0.3, 0.4) is 0 Å². The summed E-state index contributed by atoms with van der Waals surface area (Å²) < 4.78 is 1.55. The van der Waals surface area contributed by atoms with E-state index in [2.05, 4.69) is 16.7 Å². The van der Waals surface area contributed by atoms with Crippen molar-refractivity contribution in [3.8, 4) is 0 Å². The molecule has 4 heteroatoms. The first-order chi connectivity index (χ1) is 5.66. The summed E-state index contributed by atoms with van der Waals surface area (Å²) in [5.41, 5.74) is 0.484. The van der Waals surface area contributed by atoms with Gasteiger partial charge in [0.15, 0.2) is 5.82 Å². The fourth-order valence-electron chi connectivity index (χ4n) is 0.862. The summed E-state index contributed by atoms with van der Waals surface area (Å²) in [5, 5.41) is 3.88. The second-order valence-electron chi connectivity index (χ2n) is 2.51.